The maximum absolute atomic E-state index is 12.7. The molecule has 1 aromatic heterocycles. The van der Waals surface area contributed by atoms with Crippen molar-refractivity contribution in [3.8, 4) is 0 Å². The predicted molar refractivity (Wildman–Crippen MR) is 105 cm³/mol. The van der Waals surface area contributed by atoms with Gasteiger partial charge in [0.15, 0.2) is 6.10 Å². The van der Waals surface area contributed by atoms with Crippen LogP contribution in [0.15, 0.2) is 54.7 Å². The van der Waals surface area contributed by atoms with E-state index < -0.39 is 18.2 Å². The molecule has 0 aliphatic heterocycles. The summed E-state index contributed by atoms with van der Waals surface area (Å²) in [5.41, 5.74) is 1.91. The molecule has 2 N–H and O–H groups in total. The molecule has 28 heavy (non-hydrogen) atoms. The van der Waals surface area contributed by atoms with Gasteiger partial charge in [-0.15, -0.1) is 0 Å². The molecule has 1 atom stereocenters. The van der Waals surface area contributed by atoms with Crippen molar-refractivity contribution in [2.45, 2.75) is 20.0 Å². The van der Waals surface area contributed by atoms with Crippen molar-refractivity contribution in [1.29, 1.82) is 0 Å². The third kappa shape index (κ3) is 4.20. The lowest BCUT2D eigenvalue weighted by molar-refractivity contribution is 0.0319. The quantitative estimate of drug-likeness (QED) is 0.494. The summed E-state index contributed by atoms with van der Waals surface area (Å²) in [6.45, 7) is 3.46. The zero-order valence-electron chi connectivity index (χ0n) is 15.5. The van der Waals surface area contributed by atoms with Crippen LogP contribution in [0.1, 0.15) is 34.6 Å². The normalized spacial score (nSPS) is 11.6. The van der Waals surface area contributed by atoms with E-state index in [1.165, 1.54) is 13.0 Å². The highest BCUT2D eigenvalue weighted by Gasteiger charge is 2.23. The molecule has 0 fully saturated rings. The lowest BCUT2D eigenvalue weighted by Gasteiger charge is -2.13. The Morgan fingerprint density at radius 1 is 1.11 bits per heavy atom. The van der Waals surface area contributed by atoms with Gasteiger partial charge in [-0.05, 0) is 38.1 Å². The molecule has 0 aliphatic carbocycles. The highest BCUT2D eigenvalue weighted by atomic mass is 16.6. The van der Waals surface area contributed by atoms with Gasteiger partial charge in [0.1, 0.15) is 0 Å². The molecule has 7 nitrogen and oxygen atoms in total. The number of H-pyrrole nitrogens is 1. The number of para-hydroxylation sites is 1. The number of carbonyl (C=O) groups is 3. The fourth-order valence-electron chi connectivity index (χ4n) is 2.79. The van der Waals surface area contributed by atoms with Crippen molar-refractivity contribution in [3.05, 3.63) is 65.9 Å². The van der Waals surface area contributed by atoms with Crippen LogP contribution in [0.25, 0.3) is 10.9 Å². The number of Topliss-reactive ketones (excluding diaryl/α,β-unsaturated/α-hetero) is 1. The molecule has 144 valence electrons. The second-order valence-electron chi connectivity index (χ2n) is 6.09. The van der Waals surface area contributed by atoms with Crippen molar-refractivity contribution in [2.24, 2.45) is 0 Å². The molecule has 1 unspecified atom stereocenters. The Labute approximate surface area is 161 Å². The molecular weight excluding hydrogens is 360 g/mol. The molecule has 3 rings (SSSR count). The van der Waals surface area contributed by atoms with Crippen LogP contribution in [0.5, 0.6) is 0 Å². The number of benzene rings is 2. The minimum atomic E-state index is -0.964. The molecule has 0 saturated heterocycles. The second kappa shape index (κ2) is 8.39. The summed E-state index contributed by atoms with van der Waals surface area (Å²) in [4.78, 5) is 39.7. The first-order valence-electron chi connectivity index (χ1n) is 8.84. The highest BCUT2D eigenvalue weighted by Crippen LogP contribution is 2.20. The topological polar surface area (TPSA) is 97.5 Å². The van der Waals surface area contributed by atoms with Crippen LogP contribution in [-0.4, -0.2) is 35.5 Å². The number of hydrogen-bond acceptors (Lipinski definition) is 5. The molecule has 1 amide bonds. The Balaban J connectivity index is 1.70. The van der Waals surface area contributed by atoms with E-state index in [0.717, 1.165) is 10.9 Å². The van der Waals surface area contributed by atoms with Gasteiger partial charge in [0.25, 0.3) is 0 Å². The van der Waals surface area contributed by atoms with Gasteiger partial charge in [-0.3, -0.25) is 10.1 Å². The van der Waals surface area contributed by atoms with E-state index in [2.05, 4.69) is 10.3 Å². The molecule has 0 spiro atoms. The number of ether oxygens (including phenoxy) is 2. The van der Waals surface area contributed by atoms with E-state index in [9.17, 15) is 14.4 Å². The number of esters is 1. The summed E-state index contributed by atoms with van der Waals surface area (Å²) in [6.07, 6.45) is 0.0329. The first-order chi connectivity index (χ1) is 13.5. The summed E-state index contributed by atoms with van der Waals surface area (Å²) < 4.78 is 10.1. The molecule has 0 aliphatic rings. The van der Waals surface area contributed by atoms with E-state index in [1.807, 2.05) is 24.3 Å². The van der Waals surface area contributed by atoms with Crippen molar-refractivity contribution >= 4 is 34.4 Å². The summed E-state index contributed by atoms with van der Waals surface area (Å²) in [5.74, 6) is -0.959. The molecule has 2 aromatic carbocycles. The Morgan fingerprint density at radius 2 is 1.89 bits per heavy atom. The van der Waals surface area contributed by atoms with Crippen LogP contribution in [0.3, 0.4) is 0 Å². The monoisotopic (exact) mass is 380 g/mol. The van der Waals surface area contributed by atoms with Gasteiger partial charge < -0.3 is 14.5 Å². The number of anilines is 1. The fraction of sp³-hybridized carbons (Fsp3) is 0.190. The SMILES string of the molecule is CCOC(=O)Nc1cccc(C(=O)OC(C)C(=O)c2c[nH]c3ccccc23)c1. The Morgan fingerprint density at radius 3 is 2.68 bits per heavy atom. The van der Waals surface area contributed by atoms with Gasteiger partial charge in [0.05, 0.1) is 12.2 Å². The van der Waals surface area contributed by atoms with Crippen molar-refractivity contribution in [2.75, 3.05) is 11.9 Å². The van der Waals surface area contributed by atoms with E-state index in [0.29, 0.717) is 11.3 Å². The van der Waals surface area contributed by atoms with Crippen LogP contribution in [0.2, 0.25) is 0 Å². The molecule has 7 heteroatoms. The van der Waals surface area contributed by atoms with Crippen molar-refractivity contribution < 1.29 is 23.9 Å². The van der Waals surface area contributed by atoms with Gasteiger partial charge >= 0.3 is 12.1 Å². The second-order valence-corrected chi connectivity index (χ2v) is 6.09. The van der Waals surface area contributed by atoms with E-state index in [4.69, 9.17) is 9.47 Å². The number of carbonyl (C=O) groups excluding carboxylic acids is 3. The minimum absolute atomic E-state index is 0.216. The minimum Gasteiger partial charge on any atom is -0.451 e. The number of rotatable bonds is 6. The van der Waals surface area contributed by atoms with Gasteiger partial charge in [0, 0.05) is 28.4 Å². The fourth-order valence-corrected chi connectivity index (χ4v) is 2.79. The molecule has 1 heterocycles. The highest BCUT2D eigenvalue weighted by molar-refractivity contribution is 6.10. The molecule has 0 radical (unpaired) electrons. The Kier molecular flexibility index (Phi) is 5.74. The Hall–Kier alpha value is -3.61. The number of hydrogen-bond donors (Lipinski definition) is 2. The van der Waals surface area contributed by atoms with Gasteiger partial charge in [0.2, 0.25) is 5.78 Å². The predicted octanol–water partition coefficient (Wildman–Crippen LogP) is 4.16. The van der Waals surface area contributed by atoms with Crippen LogP contribution in [0, 0.1) is 0 Å². The summed E-state index contributed by atoms with van der Waals surface area (Å²) in [5, 5.41) is 3.29. The molecule has 0 saturated carbocycles. The number of nitrogens with one attached hydrogen (secondary N) is 2. The van der Waals surface area contributed by atoms with Gasteiger partial charge in [-0.1, -0.05) is 24.3 Å². The van der Waals surface area contributed by atoms with Crippen molar-refractivity contribution in [3.63, 3.8) is 0 Å². The lowest BCUT2D eigenvalue weighted by Crippen LogP contribution is -2.24. The lowest BCUT2D eigenvalue weighted by atomic mass is 10.1. The van der Waals surface area contributed by atoms with Crippen LogP contribution in [0.4, 0.5) is 10.5 Å². The number of fused-ring (bicyclic) bond motifs is 1. The molecular formula is C21H20N2O5. The van der Waals surface area contributed by atoms with Crippen LogP contribution < -0.4 is 5.32 Å². The third-order valence-electron chi connectivity index (χ3n) is 4.13. The standard InChI is InChI=1S/C21H20N2O5/c1-3-27-21(26)23-15-8-6-7-14(11-15)20(25)28-13(2)19(24)17-12-22-18-10-5-4-9-16(17)18/h4-13,22H,3H2,1-2H3,(H,23,26). The zero-order valence-corrected chi connectivity index (χ0v) is 15.5. The Bertz CT molecular complexity index is 1020. The number of aromatic nitrogens is 1. The average Bonchev–Trinajstić information content (AvgIpc) is 3.11. The van der Waals surface area contributed by atoms with E-state index >= 15 is 0 Å². The van der Waals surface area contributed by atoms with Crippen LogP contribution >= 0.6 is 0 Å². The third-order valence-corrected chi connectivity index (χ3v) is 4.13. The smallest absolute Gasteiger partial charge is 0.411 e. The summed E-state index contributed by atoms with van der Waals surface area (Å²) in [6, 6.07) is 13.6. The van der Waals surface area contributed by atoms with Gasteiger partial charge in [-0.2, -0.15) is 0 Å². The number of aromatic amines is 1. The van der Waals surface area contributed by atoms with E-state index in [1.54, 1.807) is 31.3 Å². The van der Waals surface area contributed by atoms with Crippen molar-refractivity contribution in [1.82, 2.24) is 4.98 Å². The maximum Gasteiger partial charge on any atom is 0.411 e. The maximum atomic E-state index is 12.7. The van der Waals surface area contributed by atoms with Gasteiger partial charge in [-0.25, -0.2) is 9.59 Å². The number of amides is 1. The number of ketones is 1. The first kappa shape index (κ1) is 19.2. The molecule has 0 bridgehead atoms. The zero-order chi connectivity index (χ0) is 20.1. The summed E-state index contributed by atoms with van der Waals surface area (Å²) >= 11 is 0. The first-order valence-corrected chi connectivity index (χ1v) is 8.84. The van der Waals surface area contributed by atoms with Crippen LogP contribution in [-0.2, 0) is 9.47 Å². The van der Waals surface area contributed by atoms with E-state index in [-0.39, 0.29) is 18.0 Å². The summed E-state index contributed by atoms with van der Waals surface area (Å²) in [7, 11) is 0. The average molecular weight is 380 g/mol. The largest absolute Gasteiger partial charge is 0.451 e. The molecule has 3 aromatic rings.